The highest BCUT2D eigenvalue weighted by atomic mass is 32.2. The summed E-state index contributed by atoms with van der Waals surface area (Å²) < 4.78 is 34.7. The summed E-state index contributed by atoms with van der Waals surface area (Å²) in [6.07, 6.45) is 1.14. The van der Waals surface area contributed by atoms with Crippen LogP contribution in [-0.4, -0.2) is 36.5 Å². The third kappa shape index (κ3) is 3.80. The molecular weight excluding hydrogens is 360 g/mol. The maximum atomic E-state index is 12.6. The van der Waals surface area contributed by atoms with E-state index in [0.29, 0.717) is 35.9 Å². The molecule has 3 heterocycles. The maximum absolute atomic E-state index is 12.6. The Bertz CT molecular complexity index is 922. The molecule has 0 N–H and O–H groups in total. The molecule has 3 rings (SSSR count). The molecule has 1 aliphatic heterocycles. The monoisotopic (exact) mass is 382 g/mol. The van der Waals surface area contributed by atoms with E-state index in [9.17, 15) is 13.2 Å². The molecule has 0 radical (unpaired) electrons. The number of aryl methyl sites for hydroxylation is 2. The van der Waals surface area contributed by atoms with Crippen LogP contribution in [-0.2, 0) is 17.1 Å². The van der Waals surface area contributed by atoms with Gasteiger partial charge in [-0.25, -0.2) is 8.42 Å². The standard InChI is InChI=1S/C17H22N2O4S2/c1-12-10-15(11-16(20)18(12)3)23-14-6-8-19(9-7-14)25(21,22)17-5-4-13(2)24-17/h4-5,10-11,14H,6-9H2,1-3H3. The van der Waals surface area contributed by atoms with Gasteiger partial charge in [0.25, 0.3) is 15.6 Å². The highest BCUT2D eigenvalue weighted by molar-refractivity contribution is 7.91. The summed E-state index contributed by atoms with van der Waals surface area (Å²) in [4.78, 5) is 12.8. The third-order valence-electron chi connectivity index (χ3n) is 4.49. The summed E-state index contributed by atoms with van der Waals surface area (Å²) in [6.45, 7) is 4.60. The van der Waals surface area contributed by atoms with E-state index < -0.39 is 10.0 Å². The van der Waals surface area contributed by atoms with Gasteiger partial charge >= 0.3 is 0 Å². The van der Waals surface area contributed by atoms with Crippen molar-refractivity contribution in [3.8, 4) is 5.75 Å². The van der Waals surface area contributed by atoms with Crippen LogP contribution < -0.4 is 10.3 Å². The minimum absolute atomic E-state index is 0.0805. The number of rotatable bonds is 4. The van der Waals surface area contributed by atoms with E-state index in [0.717, 1.165) is 10.6 Å². The molecular formula is C17H22N2O4S2. The molecule has 0 atom stereocenters. The second-order valence-electron chi connectivity index (χ2n) is 6.32. The van der Waals surface area contributed by atoms with E-state index >= 15 is 0 Å². The van der Waals surface area contributed by atoms with Crippen LogP contribution in [0.15, 0.2) is 33.3 Å². The molecule has 25 heavy (non-hydrogen) atoms. The minimum Gasteiger partial charge on any atom is -0.490 e. The number of piperidine rings is 1. The minimum atomic E-state index is -3.41. The molecule has 1 saturated heterocycles. The molecule has 0 spiro atoms. The first-order chi connectivity index (χ1) is 11.8. The van der Waals surface area contributed by atoms with Crippen LogP contribution in [0.25, 0.3) is 0 Å². The third-order valence-corrected chi connectivity index (χ3v) is 7.86. The molecule has 1 fully saturated rings. The van der Waals surface area contributed by atoms with Gasteiger partial charge in [-0.2, -0.15) is 4.31 Å². The molecule has 8 heteroatoms. The molecule has 0 unspecified atom stereocenters. The Morgan fingerprint density at radius 3 is 2.40 bits per heavy atom. The summed E-state index contributed by atoms with van der Waals surface area (Å²) in [5.74, 6) is 0.552. The average molecular weight is 383 g/mol. The summed E-state index contributed by atoms with van der Waals surface area (Å²) >= 11 is 1.30. The van der Waals surface area contributed by atoms with Crippen molar-refractivity contribution < 1.29 is 13.2 Å². The predicted molar refractivity (Wildman–Crippen MR) is 97.9 cm³/mol. The van der Waals surface area contributed by atoms with Gasteiger partial charge < -0.3 is 9.30 Å². The van der Waals surface area contributed by atoms with Gasteiger partial charge in [0.1, 0.15) is 16.1 Å². The van der Waals surface area contributed by atoms with Crippen molar-refractivity contribution in [3.63, 3.8) is 0 Å². The first-order valence-corrected chi connectivity index (χ1v) is 10.4. The number of nitrogens with zero attached hydrogens (tertiary/aromatic N) is 2. The fraction of sp³-hybridized carbons (Fsp3) is 0.471. The summed E-state index contributed by atoms with van der Waals surface area (Å²) in [5.41, 5.74) is 0.721. The van der Waals surface area contributed by atoms with Crippen LogP contribution in [0.1, 0.15) is 23.4 Å². The molecule has 136 valence electrons. The number of ether oxygens (including phenoxy) is 1. The van der Waals surface area contributed by atoms with Gasteiger partial charge in [0.15, 0.2) is 0 Å². The zero-order valence-electron chi connectivity index (χ0n) is 14.6. The van der Waals surface area contributed by atoms with Gasteiger partial charge in [-0.15, -0.1) is 11.3 Å². The normalized spacial score (nSPS) is 16.9. The van der Waals surface area contributed by atoms with E-state index in [1.54, 1.807) is 17.7 Å². The summed E-state index contributed by atoms with van der Waals surface area (Å²) in [6, 6.07) is 6.80. The molecule has 0 aromatic carbocycles. The number of hydrogen-bond acceptors (Lipinski definition) is 5. The van der Waals surface area contributed by atoms with Crippen molar-refractivity contribution in [1.29, 1.82) is 0 Å². The van der Waals surface area contributed by atoms with Crippen LogP contribution in [0.4, 0.5) is 0 Å². The van der Waals surface area contributed by atoms with Crippen LogP contribution >= 0.6 is 11.3 Å². The van der Waals surface area contributed by atoms with Crippen molar-refractivity contribution in [2.24, 2.45) is 7.05 Å². The largest absolute Gasteiger partial charge is 0.490 e. The number of thiophene rings is 1. The second-order valence-corrected chi connectivity index (χ2v) is 9.77. The van der Waals surface area contributed by atoms with Crippen LogP contribution in [0, 0.1) is 13.8 Å². The molecule has 0 amide bonds. The van der Waals surface area contributed by atoms with Crippen molar-refractivity contribution in [3.05, 3.63) is 45.2 Å². The van der Waals surface area contributed by atoms with Gasteiger partial charge in [0.2, 0.25) is 0 Å². The Morgan fingerprint density at radius 1 is 1.16 bits per heavy atom. The Morgan fingerprint density at radius 2 is 1.84 bits per heavy atom. The SMILES string of the molecule is Cc1ccc(S(=O)(=O)N2CCC(Oc3cc(C)n(C)c(=O)c3)CC2)s1. The zero-order valence-corrected chi connectivity index (χ0v) is 16.2. The maximum Gasteiger partial charge on any atom is 0.254 e. The van der Waals surface area contributed by atoms with E-state index in [-0.39, 0.29) is 11.7 Å². The second kappa shape index (κ2) is 6.93. The smallest absolute Gasteiger partial charge is 0.254 e. The van der Waals surface area contributed by atoms with Crippen molar-refractivity contribution in [2.75, 3.05) is 13.1 Å². The number of hydrogen-bond donors (Lipinski definition) is 0. The molecule has 2 aromatic rings. The van der Waals surface area contributed by atoms with Crippen molar-refractivity contribution in [1.82, 2.24) is 8.87 Å². The molecule has 6 nitrogen and oxygen atoms in total. The Labute approximate surface area is 151 Å². The molecule has 0 bridgehead atoms. The highest BCUT2D eigenvalue weighted by Gasteiger charge is 2.31. The lowest BCUT2D eigenvalue weighted by atomic mass is 10.1. The van der Waals surface area contributed by atoms with E-state index in [1.165, 1.54) is 21.7 Å². The summed E-state index contributed by atoms with van der Waals surface area (Å²) in [5, 5.41) is 0. The van der Waals surface area contributed by atoms with Gasteiger partial charge in [-0.1, -0.05) is 0 Å². The van der Waals surface area contributed by atoms with Gasteiger partial charge in [0, 0.05) is 36.8 Å². The van der Waals surface area contributed by atoms with E-state index in [4.69, 9.17) is 4.74 Å². The van der Waals surface area contributed by atoms with E-state index in [1.807, 2.05) is 26.0 Å². The lowest BCUT2D eigenvalue weighted by Gasteiger charge is -2.31. The summed E-state index contributed by atoms with van der Waals surface area (Å²) in [7, 11) is -1.69. The van der Waals surface area contributed by atoms with Gasteiger partial charge in [-0.05, 0) is 44.9 Å². The molecule has 0 aliphatic carbocycles. The number of aromatic nitrogens is 1. The van der Waals surface area contributed by atoms with Gasteiger partial charge in [-0.3, -0.25) is 4.79 Å². The van der Waals surface area contributed by atoms with Gasteiger partial charge in [0.05, 0.1) is 0 Å². The fourth-order valence-electron chi connectivity index (χ4n) is 2.87. The first-order valence-electron chi connectivity index (χ1n) is 8.18. The van der Waals surface area contributed by atoms with E-state index in [2.05, 4.69) is 0 Å². The first kappa shape index (κ1) is 18.2. The quantitative estimate of drug-likeness (QED) is 0.814. The zero-order chi connectivity index (χ0) is 18.2. The van der Waals surface area contributed by atoms with Crippen LogP contribution in [0.2, 0.25) is 0 Å². The topological polar surface area (TPSA) is 68.6 Å². The number of sulfonamides is 1. The highest BCUT2D eigenvalue weighted by Crippen LogP contribution is 2.27. The van der Waals surface area contributed by atoms with Crippen molar-refractivity contribution in [2.45, 2.75) is 37.0 Å². The van der Waals surface area contributed by atoms with Crippen molar-refractivity contribution >= 4 is 21.4 Å². The Balaban J connectivity index is 1.65. The van der Waals surface area contributed by atoms with Crippen LogP contribution in [0.5, 0.6) is 5.75 Å². The predicted octanol–water partition coefficient (Wildman–Crippen LogP) is 2.30. The molecule has 0 saturated carbocycles. The average Bonchev–Trinajstić information content (AvgIpc) is 3.00. The fourth-order valence-corrected chi connectivity index (χ4v) is 5.77. The Kier molecular flexibility index (Phi) is 5.04. The number of pyridine rings is 1. The lowest BCUT2D eigenvalue weighted by molar-refractivity contribution is 0.135. The molecule has 1 aliphatic rings. The Hall–Kier alpha value is -1.64. The van der Waals surface area contributed by atoms with Crippen LogP contribution in [0.3, 0.4) is 0 Å². The molecule has 2 aromatic heterocycles. The lowest BCUT2D eigenvalue weighted by Crippen LogP contribution is -2.41.